The number of hydrogen-bond acceptors (Lipinski definition) is 5. The van der Waals surface area contributed by atoms with Gasteiger partial charge in [0.2, 0.25) is 11.3 Å². The highest BCUT2D eigenvalue weighted by Crippen LogP contribution is 2.15. The summed E-state index contributed by atoms with van der Waals surface area (Å²) < 4.78 is 6.96. The lowest BCUT2D eigenvalue weighted by Gasteiger charge is -2.27. The Kier molecular flexibility index (Phi) is 4.66. The number of fused-ring (bicyclic) bond motifs is 1. The SMILES string of the molecule is COc1c[nH]c(CN2CCn3nc(CNC(C)=O)cc3C2)cc1=O. The molecule has 2 aromatic heterocycles. The molecule has 8 heteroatoms. The first-order chi connectivity index (χ1) is 11.5. The predicted octanol–water partition coefficient (Wildman–Crippen LogP) is 0.232. The maximum absolute atomic E-state index is 11.8. The third kappa shape index (κ3) is 3.65. The molecular weight excluding hydrogens is 310 g/mol. The molecule has 0 fully saturated rings. The first-order valence-corrected chi connectivity index (χ1v) is 7.83. The molecular formula is C16H21N5O3. The van der Waals surface area contributed by atoms with E-state index in [1.807, 2.05) is 10.7 Å². The van der Waals surface area contributed by atoms with Gasteiger partial charge in [-0.25, -0.2) is 0 Å². The van der Waals surface area contributed by atoms with Gasteiger partial charge in [0, 0.05) is 44.5 Å². The van der Waals surface area contributed by atoms with Crippen molar-refractivity contribution < 1.29 is 9.53 Å². The molecule has 0 unspecified atom stereocenters. The van der Waals surface area contributed by atoms with Gasteiger partial charge >= 0.3 is 0 Å². The van der Waals surface area contributed by atoms with Crippen LogP contribution < -0.4 is 15.5 Å². The normalized spacial score (nSPS) is 14.2. The number of nitrogens with one attached hydrogen (secondary N) is 2. The summed E-state index contributed by atoms with van der Waals surface area (Å²) in [7, 11) is 1.48. The molecule has 0 radical (unpaired) electrons. The largest absolute Gasteiger partial charge is 0.491 e. The zero-order valence-electron chi connectivity index (χ0n) is 13.8. The van der Waals surface area contributed by atoms with E-state index < -0.39 is 0 Å². The standard InChI is InChI=1S/C16H21N5O3/c1-11(22)17-7-12-5-14-10-20(3-4-21(14)19-12)9-13-6-15(23)16(24-2)8-18-13/h5-6,8H,3-4,7,9-10H2,1-2H3,(H,17,22)(H,18,23). The van der Waals surface area contributed by atoms with E-state index in [1.54, 1.807) is 12.3 Å². The van der Waals surface area contributed by atoms with Gasteiger partial charge in [0.15, 0.2) is 5.75 Å². The molecule has 1 amide bonds. The third-order valence-electron chi connectivity index (χ3n) is 4.00. The van der Waals surface area contributed by atoms with Gasteiger partial charge in [-0.1, -0.05) is 0 Å². The molecule has 2 aromatic rings. The Bertz CT molecular complexity index is 795. The van der Waals surface area contributed by atoms with Crippen LogP contribution in [0, 0.1) is 0 Å². The number of nitrogens with zero attached hydrogens (tertiary/aromatic N) is 3. The molecule has 0 atom stereocenters. The summed E-state index contributed by atoms with van der Waals surface area (Å²) in [5.41, 5.74) is 2.70. The molecule has 0 saturated heterocycles. The summed E-state index contributed by atoms with van der Waals surface area (Å²) in [4.78, 5) is 28.2. The van der Waals surface area contributed by atoms with E-state index in [-0.39, 0.29) is 11.3 Å². The summed E-state index contributed by atoms with van der Waals surface area (Å²) in [5.74, 6) is 0.254. The zero-order chi connectivity index (χ0) is 17.1. The maximum Gasteiger partial charge on any atom is 0.223 e. The minimum absolute atomic E-state index is 0.0638. The predicted molar refractivity (Wildman–Crippen MR) is 87.5 cm³/mol. The third-order valence-corrected chi connectivity index (χ3v) is 4.00. The fourth-order valence-corrected chi connectivity index (χ4v) is 2.81. The molecule has 0 aliphatic carbocycles. The van der Waals surface area contributed by atoms with Crippen LogP contribution in [0.1, 0.15) is 24.0 Å². The van der Waals surface area contributed by atoms with Gasteiger partial charge < -0.3 is 15.0 Å². The van der Waals surface area contributed by atoms with Crippen molar-refractivity contribution in [3.8, 4) is 5.75 Å². The number of carbonyl (C=O) groups is 1. The molecule has 0 aromatic carbocycles. The van der Waals surface area contributed by atoms with Crippen molar-refractivity contribution in [1.82, 2.24) is 25.0 Å². The average molecular weight is 331 g/mol. The first-order valence-electron chi connectivity index (χ1n) is 7.83. The summed E-state index contributed by atoms with van der Waals surface area (Å²) in [5, 5.41) is 7.26. The van der Waals surface area contributed by atoms with Crippen LogP contribution >= 0.6 is 0 Å². The second kappa shape index (κ2) is 6.88. The number of aromatic nitrogens is 3. The molecule has 0 bridgehead atoms. The molecule has 0 spiro atoms. The van der Waals surface area contributed by atoms with E-state index in [0.29, 0.717) is 18.8 Å². The van der Waals surface area contributed by atoms with E-state index in [9.17, 15) is 9.59 Å². The van der Waals surface area contributed by atoms with Crippen molar-refractivity contribution in [3.63, 3.8) is 0 Å². The van der Waals surface area contributed by atoms with Crippen LogP contribution in [0.4, 0.5) is 0 Å². The Labute approximate surface area is 139 Å². The summed E-state index contributed by atoms with van der Waals surface area (Å²) in [6.07, 6.45) is 1.59. The van der Waals surface area contributed by atoms with Crippen molar-refractivity contribution in [2.75, 3.05) is 13.7 Å². The Balaban J connectivity index is 1.65. The zero-order valence-corrected chi connectivity index (χ0v) is 13.8. The van der Waals surface area contributed by atoms with Gasteiger partial charge in [0.1, 0.15) is 0 Å². The van der Waals surface area contributed by atoms with E-state index in [2.05, 4.69) is 20.3 Å². The lowest BCUT2D eigenvalue weighted by atomic mass is 10.2. The van der Waals surface area contributed by atoms with Gasteiger partial charge in [-0.15, -0.1) is 0 Å². The highest BCUT2D eigenvalue weighted by atomic mass is 16.5. The van der Waals surface area contributed by atoms with E-state index in [0.717, 1.165) is 36.7 Å². The first kappa shape index (κ1) is 16.3. The van der Waals surface area contributed by atoms with Gasteiger partial charge in [-0.05, 0) is 6.07 Å². The number of amides is 1. The fraction of sp³-hybridized carbons (Fsp3) is 0.438. The minimum atomic E-state index is -0.120. The number of ether oxygens (including phenoxy) is 1. The monoisotopic (exact) mass is 331 g/mol. The number of aromatic amines is 1. The van der Waals surface area contributed by atoms with Gasteiger partial charge in [0.25, 0.3) is 0 Å². The summed E-state index contributed by atoms with van der Waals surface area (Å²) >= 11 is 0. The molecule has 2 N–H and O–H groups in total. The van der Waals surface area contributed by atoms with Crippen molar-refractivity contribution in [2.24, 2.45) is 0 Å². The van der Waals surface area contributed by atoms with Gasteiger partial charge in [0.05, 0.1) is 31.6 Å². The number of hydrogen-bond donors (Lipinski definition) is 2. The Morgan fingerprint density at radius 1 is 1.42 bits per heavy atom. The number of methoxy groups -OCH3 is 1. The van der Waals surface area contributed by atoms with Crippen LogP contribution in [0.25, 0.3) is 0 Å². The Hall–Kier alpha value is -2.61. The highest BCUT2D eigenvalue weighted by Gasteiger charge is 2.19. The van der Waals surface area contributed by atoms with Crippen LogP contribution in [0.5, 0.6) is 5.75 Å². The lowest BCUT2D eigenvalue weighted by molar-refractivity contribution is -0.119. The van der Waals surface area contributed by atoms with Crippen LogP contribution in [0.3, 0.4) is 0 Å². The van der Waals surface area contributed by atoms with Crippen LogP contribution in [0.2, 0.25) is 0 Å². The second-order valence-electron chi connectivity index (χ2n) is 5.86. The number of rotatable bonds is 5. The molecule has 8 nitrogen and oxygen atoms in total. The smallest absolute Gasteiger partial charge is 0.223 e. The molecule has 1 aliphatic heterocycles. The van der Waals surface area contributed by atoms with E-state index >= 15 is 0 Å². The lowest BCUT2D eigenvalue weighted by Crippen LogP contribution is -2.33. The maximum atomic E-state index is 11.8. The number of carbonyl (C=O) groups excluding carboxylic acids is 1. The number of pyridine rings is 1. The molecule has 1 aliphatic rings. The van der Waals surface area contributed by atoms with Crippen LogP contribution in [-0.2, 0) is 31.0 Å². The average Bonchev–Trinajstić information content (AvgIpc) is 2.95. The quantitative estimate of drug-likeness (QED) is 0.818. The van der Waals surface area contributed by atoms with E-state index in [1.165, 1.54) is 14.0 Å². The van der Waals surface area contributed by atoms with Crippen molar-refractivity contribution in [3.05, 3.63) is 45.6 Å². The molecule has 0 saturated carbocycles. The Morgan fingerprint density at radius 2 is 2.25 bits per heavy atom. The van der Waals surface area contributed by atoms with Gasteiger partial charge in [-0.3, -0.25) is 19.2 Å². The molecule has 3 heterocycles. The molecule has 3 rings (SSSR count). The topological polar surface area (TPSA) is 92.2 Å². The van der Waals surface area contributed by atoms with Crippen LogP contribution in [0.15, 0.2) is 23.1 Å². The highest BCUT2D eigenvalue weighted by molar-refractivity contribution is 5.72. The molecule has 24 heavy (non-hydrogen) atoms. The summed E-state index contributed by atoms with van der Waals surface area (Å²) in [6.45, 7) is 4.99. The van der Waals surface area contributed by atoms with Crippen molar-refractivity contribution in [2.45, 2.75) is 33.1 Å². The molecule has 128 valence electrons. The minimum Gasteiger partial charge on any atom is -0.491 e. The fourth-order valence-electron chi connectivity index (χ4n) is 2.81. The Morgan fingerprint density at radius 3 is 2.96 bits per heavy atom. The number of H-pyrrole nitrogens is 1. The van der Waals surface area contributed by atoms with Crippen LogP contribution in [-0.4, -0.2) is 39.2 Å². The van der Waals surface area contributed by atoms with Gasteiger partial charge in [-0.2, -0.15) is 5.10 Å². The van der Waals surface area contributed by atoms with Crippen molar-refractivity contribution in [1.29, 1.82) is 0 Å². The summed E-state index contributed by atoms with van der Waals surface area (Å²) in [6, 6.07) is 3.59. The van der Waals surface area contributed by atoms with Crippen molar-refractivity contribution >= 4 is 5.91 Å². The second-order valence-corrected chi connectivity index (χ2v) is 5.86. The van der Waals surface area contributed by atoms with E-state index in [4.69, 9.17) is 4.74 Å².